The highest BCUT2D eigenvalue weighted by atomic mass is 15.2. The third-order valence-electron chi connectivity index (χ3n) is 2.64. The van der Waals surface area contributed by atoms with Crippen LogP contribution < -0.4 is 5.32 Å². The predicted molar refractivity (Wildman–Crippen MR) is 68.1 cm³/mol. The number of hydrogen-bond donors (Lipinski definition) is 1. The summed E-state index contributed by atoms with van der Waals surface area (Å²) in [6.45, 7) is 14.5. The van der Waals surface area contributed by atoms with Crippen molar-refractivity contribution in [2.75, 3.05) is 40.3 Å². The van der Waals surface area contributed by atoms with Crippen LogP contribution in [0.2, 0.25) is 0 Å². The summed E-state index contributed by atoms with van der Waals surface area (Å²) in [6.07, 6.45) is 0. The largest absolute Gasteiger partial charge is 0.388 e. The summed E-state index contributed by atoms with van der Waals surface area (Å²) in [4.78, 5) is 4.71. The molecular weight excluding hydrogens is 186 g/mol. The monoisotopic (exact) mass is 213 g/mol. The number of nitrogens with zero attached hydrogens (tertiary/aromatic N) is 2. The molecule has 0 saturated heterocycles. The standard InChI is InChI=1S/C12H27N3/c1-11(2)13-7-8-14(5)9-10-15(6)12(3)4/h12-13H,1,7-10H2,2-6H3. The maximum absolute atomic E-state index is 3.81. The molecule has 3 nitrogen and oxygen atoms in total. The predicted octanol–water partition coefficient (Wildman–Crippen LogP) is 1.38. The molecular formula is C12H27N3. The summed E-state index contributed by atoms with van der Waals surface area (Å²) in [5.74, 6) is 0. The summed E-state index contributed by atoms with van der Waals surface area (Å²) in [6, 6.07) is 0.631. The van der Waals surface area contributed by atoms with Crippen molar-refractivity contribution in [3.63, 3.8) is 0 Å². The van der Waals surface area contributed by atoms with Crippen LogP contribution in [0.1, 0.15) is 20.8 Å². The third kappa shape index (κ3) is 8.45. The molecule has 0 aromatic carbocycles. The zero-order valence-electron chi connectivity index (χ0n) is 11.0. The smallest absolute Gasteiger partial charge is 0.0271 e. The van der Waals surface area contributed by atoms with Gasteiger partial charge in [-0.3, -0.25) is 0 Å². The van der Waals surface area contributed by atoms with Crippen LogP contribution in [0, 0.1) is 0 Å². The van der Waals surface area contributed by atoms with Crippen LogP contribution in [-0.4, -0.2) is 56.1 Å². The molecule has 1 N–H and O–H groups in total. The number of allylic oxidation sites excluding steroid dienone is 1. The number of likely N-dealkylation sites (N-methyl/N-ethyl adjacent to an activating group) is 2. The fraction of sp³-hybridized carbons (Fsp3) is 0.833. The van der Waals surface area contributed by atoms with Gasteiger partial charge in [0.05, 0.1) is 0 Å². The van der Waals surface area contributed by atoms with Gasteiger partial charge >= 0.3 is 0 Å². The van der Waals surface area contributed by atoms with Crippen molar-refractivity contribution >= 4 is 0 Å². The Balaban J connectivity index is 3.48. The highest BCUT2D eigenvalue weighted by Crippen LogP contribution is 1.93. The summed E-state index contributed by atoms with van der Waals surface area (Å²) in [7, 11) is 4.33. The van der Waals surface area contributed by atoms with Crippen molar-refractivity contribution in [3.8, 4) is 0 Å². The van der Waals surface area contributed by atoms with Crippen LogP contribution in [0.25, 0.3) is 0 Å². The van der Waals surface area contributed by atoms with Gasteiger partial charge in [-0.15, -0.1) is 0 Å². The molecule has 0 bridgehead atoms. The molecule has 90 valence electrons. The normalized spacial score (nSPS) is 11.5. The molecule has 0 aliphatic heterocycles. The van der Waals surface area contributed by atoms with Crippen LogP contribution in [0.3, 0.4) is 0 Å². The molecule has 0 aromatic rings. The molecule has 0 radical (unpaired) electrons. The minimum Gasteiger partial charge on any atom is -0.388 e. The first-order valence-corrected chi connectivity index (χ1v) is 5.71. The third-order valence-corrected chi connectivity index (χ3v) is 2.64. The van der Waals surface area contributed by atoms with E-state index in [1.165, 1.54) is 0 Å². The zero-order valence-corrected chi connectivity index (χ0v) is 11.0. The van der Waals surface area contributed by atoms with E-state index in [4.69, 9.17) is 0 Å². The van der Waals surface area contributed by atoms with Gasteiger partial charge in [0, 0.05) is 37.9 Å². The van der Waals surface area contributed by atoms with Gasteiger partial charge in [0.15, 0.2) is 0 Å². The minimum absolute atomic E-state index is 0.631. The fourth-order valence-electron chi connectivity index (χ4n) is 1.16. The zero-order chi connectivity index (χ0) is 11.8. The van der Waals surface area contributed by atoms with Gasteiger partial charge in [-0.2, -0.15) is 0 Å². The average Bonchev–Trinajstić information content (AvgIpc) is 2.13. The van der Waals surface area contributed by atoms with Crippen LogP contribution in [0.5, 0.6) is 0 Å². The van der Waals surface area contributed by atoms with Crippen molar-refractivity contribution in [2.24, 2.45) is 0 Å². The molecule has 0 unspecified atom stereocenters. The van der Waals surface area contributed by atoms with Gasteiger partial charge in [-0.05, 0) is 34.9 Å². The van der Waals surface area contributed by atoms with Gasteiger partial charge in [-0.25, -0.2) is 0 Å². The highest BCUT2D eigenvalue weighted by molar-refractivity contribution is 4.84. The van der Waals surface area contributed by atoms with Crippen LogP contribution >= 0.6 is 0 Å². The average molecular weight is 213 g/mol. The quantitative estimate of drug-likeness (QED) is 0.657. The molecule has 0 aromatic heterocycles. The minimum atomic E-state index is 0.631. The van der Waals surface area contributed by atoms with Crippen molar-refractivity contribution in [3.05, 3.63) is 12.3 Å². The van der Waals surface area contributed by atoms with E-state index in [1.54, 1.807) is 0 Å². The van der Waals surface area contributed by atoms with E-state index in [0.29, 0.717) is 6.04 Å². The van der Waals surface area contributed by atoms with E-state index in [-0.39, 0.29) is 0 Å². The van der Waals surface area contributed by atoms with Crippen molar-refractivity contribution in [1.82, 2.24) is 15.1 Å². The summed E-state index contributed by atoms with van der Waals surface area (Å²) in [5, 5.41) is 3.24. The Labute approximate surface area is 95.1 Å². The Morgan fingerprint density at radius 1 is 1.20 bits per heavy atom. The van der Waals surface area contributed by atoms with E-state index in [9.17, 15) is 0 Å². The molecule has 0 aliphatic rings. The lowest BCUT2D eigenvalue weighted by Gasteiger charge is -2.24. The molecule has 0 rings (SSSR count). The Kier molecular flexibility index (Phi) is 7.44. The Morgan fingerprint density at radius 3 is 2.27 bits per heavy atom. The first-order valence-electron chi connectivity index (χ1n) is 5.71. The van der Waals surface area contributed by atoms with Crippen LogP contribution in [-0.2, 0) is 0 Å². The van der Waals surface area contributed by atoms with Gasteiger partial charge < -0.3 is 15.1 Å². The molecule has 0 fully saturated rings. The molecule has 0 saturated carbocycles. The Bertz CT molecular complexity index is 178. The summed E-state index contributed by atoms with van der Waals surface area (Å²) >= 11 is 0. The van der Waals surface area contributed by atoms with Crippen molar-refractivity contribution < 1.29 is 0 Å². The lowest BCUT2D eigenvalue weighted by atomic mass is 10.3. The van der Waals surface area contributed by atoms with Gasteiger partial charge in [0.25, 0.3) is 0 Å². The summed E-state index contributed by atoms with van der Waals surface area (Å²) < 4.78 is 0. The first-order chi connectivity index (χ1) is 6.93. The van der Waals surface area contributed by atoms with Crippen LogP contribution in [0.15, 0.2) is 12.3 Å². The molecule has 0 atom stereocenters. The van der Waals surface area contributed by atoms with E-state index >= 15 is 0 Å². The second-order valence-corrected chi connectivity index (χ2v) is 4.58. The van der Waals surface area contributed by atoms with E-state index in [1.807, 2.05) is 6.92 Å². The van der Waals surface area contributed by atoms with Crippen molar-refractivity contribution in [2.45, 2.75) is 26.8 Å². The number of nitrogens with one attached hydrogen (secondary N) is 1. The second-order valence-electron chi connectivity index (χ2n) is 4.58. The SMILES string of the molecule is C=C(C)NCCN(C)CCN(C)C(C)C. The van der Waals surface area contributed by atoms with E-state index in [0.717, 1.165) is 31.9 Å². The van der Waals surface area contributed by atoms with Crippen molar-refractivity contribution in [1.29, 1.82) is 0 Å². The lowest BCUT2D eigenvalue weighted by Crippen LogP contribution is -2.37. The maximum Gasteiger partial charge on any atom is 0.0271 e. The van der Waals surface area contributed by atoms with E-state index in [2.05, 4.69) is 49.6 Å². The van der Waals surface area contributed by atoms with Crippen LogP contribution in [0.4, 0.5) is 0 Å². The number of hydrogen-bond acceptors (Lipinski definition) is 3. The van der Waals surface area contributed by atoms with E-state index < -0.39 is 0 Å². The molecule has 0 amide bonds. The number of rotatable bonds is 8. The molecule has 0 spiro atoms. The Morgan fingerprint density at radius 2 is 1.80 bits per heavy atom. The molecule has 0 heterocycles. The van der Waals surface area contributed by atoms with Gasteiger partial charge in [-0.1, -0.05) is 6.58 Å². The maximum atomic E-state index is 3.81. The fourth-order valence-corrected chi connectivity index (χ4v) is 1.16. The highest BCUT2D eigenvalue weighted by Gasteiger charge is 2.04. The Hall–Kier alpha value is -0.540. The summed E-state index contributed by atoms with van der Waals surface area (Å²) in [5.41, 5.74) is 1.04. The molecule has 15 heavy (non-hydrogen) atoms. The molecule has 0 aliphatic carbocycles. The van der Waals surface area contributed by atoms with Gasteiger partial charge in [0.2, 0.25) is 0 Å². The van der Waals surface area contributed by atoms with Gasteiger partial charge in [0.1, 0.15) is 0 Å². The first kappa shape index (κ1) is 14.5. The molecule has 3 heteroatoms. The lowest BCUT2D eigenvalue weighted by molar-refractivity contribution is 0.225. The topological polar surface area (TPSA) is 18.5 Å². The second kappa shape index (κ2) is 7.71.